The second kappa shape index (κ2) is 10.6. The van der Waals surface area contributed by atoms with Crippen molar-refractivity contribution in [3.8, 4) is 0 Å². The fourth-order valence-electron chi connectivity index (χ4n) is 3.32. The van der Waals surface area contributed by atoms with Gasteiger partial charge in [0.1, 0.15) is 6.04 Å². The van der Waals surface area contributed by atoms with E-state index >= 15 is 0 Å². The Morgan fingerprint density at radius 2 is 1.48 bits per heavy atom. The van der Waals surface area contributed by atoms with Crippen molar-refractivity contribution in [2.75, 3.05) is 40.5 Å². The summed E-state index contributed by atoms with van der Waals surface area (Å²) < 4.78 is 43.7. The summed E-state index contributed by atoms with van der Waals surface area (Å²) in [7, 11) is -2.10. The molecule has 3 rings (SSSR count). The molecule has 0 unspecified atom stereocenters. The number of ether oxygens (including phenoxy) is 3. The number of nitrogens with one attached hydrogen (secondary N) is 1. The Hall–Kier alpha value is -3.28. The number of nitrogens with zero attached hydrogens (tertiary/aromatic N) is 1. The smallest absolute Gasteiger partial charge is 0.337 e. The summed E-state index contributed by atoms with van der Waals surface area (Å²) in [6, 6.07) is 10.5. The van der Waals surface area contributed by atoms with Gasteiger partial charge in [0.25, 0.3) is 0 Å². The molecule has 1 fully saturated rings. The van der Waals surface area contributed by atoms with E-state index < -0.39 is 33.9 Å². The highest BCUT2D eigenvalue weighted by Crippen LogP contribution is 2.23. The topological polar surface area (TPSA) is 128 Å². The van der Waals surface area contributed by atoms with Crippen LogP contribution in [0.15, 0.2) is 53.4 Å². The number of carbonyl (C=O) groups is 3. The van der Waals surface area contributed by atoms with Crippen LogP contribution in [0, 0.1) is 0 Å². The fraction of sp³-hybridized carbons (Fsp3) is 0.318. The molecule has 176 valence electrons. The van der Waals surface area contributed by atoms with E-state index in [-0.39, 0.29) is 16.0 Å². The average molecular weight is 477 g/mol. The van der Waals surface area contributed by atoms with Crippen LogP contribution >= 0.6 is 0 Å². The highest BCUT2D eigenvalue weighted by atomic mass is 32.2. The number of hydrogen-bond donors (Lipinski definition) is 1. The Morgan fingerprint density at radius 1 is 0.939 bits per heavy atom. The minimum Gasteiger partial charge on any atom is -0.465 e. The first kappa shape index (κ1) is 24.4. The number of methoxy groups -OCH3 is 2. The van der Waals surface area contributed by atoms with Crippen LogP contribution in [0.4, 0.5) is 0 Å². The molecule has 1 amide bonds. The van der Waals surface area contributed by atoms with Crippen molar-refractivity contribution < 1.29 is 37.0 Å². The van der Waals surface area contributed by atoms with Gasteiger partial charge in [-0.3, -0.25) is 4.79 Å². The van der Waals surface area contributed by atoms with E-state index in [9.17, 15) is 22.8 Å². The lowest BCUT2D eigenvalue weighted by molar-refractivity contribution is -0.137. The van der Waals surface area contributed by atoms with E-state index in [0.29, 0.717) is 31.9 Å². The molecule has 33 heavy (non-hydrogen) atoms. The quantitative estimate of drug-likeness (QED) is 0.589. The summed E-state index contributed by atoms with van der Waals surface area (Å²) in [4.78, 5) is 38.5. The van der Waals surface area contributed by atoms with E-state index in [1.54, 1.807) is 30.3 Å². The van der Waals surface area contributed by atoms with Gasteiger partial charge in [-0.2, -0.15) is 4.72 Å². The first-order valence-corrected chi connectivity index (χ1v) is 11.5. The molecule has 1 heterocycles. The van der Waals surface area contributed by atoms with E-state index in [1.807, 2.05) is 0 Å². The molecule has 11 heteroatoms. The molecule has 0 aliphatic carbocycles. The average Bonchev–Trinajstić information content (AvgIpc) is 2.86. The molecule has 0 bridgehead atoms. The van der Waals surface area contributed by atoms with Crippen molar-refractivity contribution in [2.45, 2.75) is 10.9 Å². The van der Waals surface area contributed by atoms with E-state index in [4.69, 9.17) is 4.74 Å². The number of benzene rings is 2. The molecule has 10 nitrogen and oxygen atoms in total. The van der Waals surface area contributed by atoms with Crippen molar-refractivity contribution in [3.05, 3.63) is 65.2 Å². The summed E-state index contributed by atoms with van der Waals surface area (Å²) in [5.74, 6) is -2.10. The van der Waals surface area contributed by atoms with E-state index in [0.717, 1.165) is 26.4 Å². The third-order valence-corrected chi connectivity index (χ3v) is 6.44. The van der Waals surface area contributed by atoms with Gasteiger partial charge in [0, 0.05) is 13.1 Å². The predicted octanol–water partition coefficient (Wildman–Crippen LogP) is 1.14. The zero-order valence-electron chi connectivity index (χ0n) is 18.1. The van der Waals surface area contributed by atoms with Crippen molar-refractivity contribution in [2.24, 2.45) is 0 Å². The zero-order chi connectivity index (χ0) is 24.0. The van der Waals surface area contributed by atoms with Gasteiger partial charge in [-0.05, 0) is 23.8 Å². The van der Waals surface area contributed by atoms with Crippen molar-refractivity contribution in [3.63, 3.8) is 0 Å². The van der Waals surface area contributed by atoms with Gasteiger partial charge in [-0.15, -0.1) is 0 Å². The van der Waals surface area contributed by atoms with Gasteiger partial charge in [0.2, 0.25) is 15.9 Å². The lowest BCUT2D eigenvalue weighted by atomic mass is 10.1. The molecular formula is C22H24N2O8S. The molecule has 0 aromatic heterocycles. The number of rotatable bonds is 7. The molecule has 1 aliphatic heterocycles. The van der Waals surface area contributed by atoms with Crippen LogP contribution in [-0.4, -0.2) is 71.7 Å². The minimum atomic E-state index is -4.36. The maximum Gasteiger partial charge on any atom is 0.337 e. The maximum atomic E-state index is 13.3. The Kier molecular flexibility index (Phi) is 7.79. The minimum absolute atomic E-state index is 0.156. The summed E-state index contributed by atoms with van der Waals surface area (Å²) in [6.07, 6.45) is 0. The Balaban J connectivity index is 2.02. The molecule has 1 saturated heterocycles. The maximum absolute atomic E-state index is 13.3. The standard InChI is InChI=1S/C22H24N2O8S/c1-30-21(26)16-12-17(22(27)31-2)14-18(13-16)33(28,29)23-19(15-6-4-3-5-7-15)20(25)24-8-10-32-11-9-24/h3-7,12-14,19,23H,8-11H2,1-2H3/t19-/m1/s1. The first-order valence-electron chi connectivity index (χ1n) is 10.0. The van der Waals surface area contributed by atoms with Crippen molar-refractivity contribution >= 4 is 27.9 Å². The Morgan fingerprint density at radius 3 is 2.00 bits per heavy atom. The van der Waals surface area contributed by atoms with Crippen LogP contribution in [0.5, 0.6) is 0 Å². The van der Waals surface area contributed by atoms with Crippen molar-refractivity contribution in [1.29, 1.82) is 0 Å². The third kappa shape index (κ3) is 5.75. The SMILES string of the molecule is COC(=O)c1cc(C(=O)OC)cc(S(=O)(=O)N[C@@H](C(=O)N2CCOCC2)c2ccccc2)c1. The van der Waals surface area contributed by atoms with Gasteiger partial charge in [-0.1, -0.05) is 30.3 Å². The normalized spacial score (nSPS) is 14.9. The molecule has 1 N–H and O–H groups in total. The molecule has 1 atom stereocenters. The number of morpholine rings is 1. The van der Waals surface area contributed by atoms with Crippen LogP contribution in [0.3, 0.4) is 0 Å². The fourth-order valence-corrected chi connectivity index (χ4v) is 4.57. The molecule has 0 spiro atoms. The summed E-state index contributed by atoms with van der Waals surface area (Å²) in [5.41, 5.74) is 0.128. The number of sulfonamides is 1. The number of esters is 2. The summed E-state index contributed by atoms with van der Waals surface area (Å²) in [5, 5.41) is 0. The lowest BCUT2D eigenvalue weighted by Crippen LogP contribution is -2.47. The predicted molar refractivity (Wildman–Crippen MR) is 116 cm³/mol. The molecule has 2 aromatic carbocycles. The number of hydrogen-bond acceptors (Lipinski definition) is 8. The third-order valence-electron chi connectivity index (χ3n) is 5.03. The van der Waals surface area contributed by atoms with Crippen LogP contribution in [0.25, 0.3) is 0 Å². The summed E-state index contributed by atoms with van der Waals surface area (Å²) in [6.45, 7) is 1.36. The Labute approximate surface area is 191 Å². The highest BCUT2D eigenvalue weighted by Gasteiger charge is 2.32. The zero-order valence-corrected chi connectivity index (χ0v) is 19.0. The molecule has 0 radical (unpaired) electrons. The second-order valence-electron chi connectivity index (χ2n) is 7.13. The van der Waals surface area contributed by atoms with Gasteiger partial charge in [0.05, 0.1) is 43.5 Å². The molecule has 1 aliphatic rings. The van der Waals surface area contributed by atoms with E-state index in [1.165, 1.54) is 11.0 Å². The van der Waals surface area contributed by atoms with Gasteiger partial charge in [-0.25, -0.2) is 18.0 Å². The van der Waals surface area contributed by atoms with Crippen LogP contribution in [0.2, 0.25) is 0 Å². The highest BCUT2D eigenvalue weighted by molar-refractivity contribution is 7.89. The van der Waals surface area contributed by atoms with E-state index in [2.05, 4.69) is 14.2 Å². The summed E-state index contributed by atoms with van der Waals surface area (Å²) >= 11 is 0. The molecule has 2 aromatic rings. The first-order chi connectivity index (χ1) is 15.8. The molecular weight excluding hydrogens is 452 g/mol. The van der Waals surface area contributed by atoms with Crippen LogP contribution in [0.1, 0.15) is 32.3 Å². The van der Waals surface area contributed by atoms with Crippen LogP contribution in [-0.2, 0) is 29.0 Å². The number of carbonyl (C=O) groups excluding carboxylic acids is 3. The van der Waals surface area contributed by atoms with Gasteiger partial charge < -0.3 is 19.1 Å². The van der Waals surface area contributed by atoms with Crippen molar-refractivity contribution in [1.82, 2.24) is 9.62 Å². The van der Waals surface area contributed by atoms with Crippen LogP contribution < -0.4 is 4.72 Å². The molecule has 0 saturated carbocycles. The lowest BCUT2D eigenvalue weighted by Gasteiger charge is -2.31. The largest absolute Gasteiger partial charge is 0.465 e. The van der Waals surface area contributed by atoms with Gasteiger partial charge in [0.15, 0.2) is 0 Å². The van der Waals surface area contributed by atoms with Gasteiger partial charge >= 0.3 is 11.9 Å². The monoisotopic (exact) mass is 476 g/mol. The number of amides is 1. The Bertz CT molecular complexity index is 1090. The second-order valence-corrected chi connectivity index (χ2v) is 8.85.